The average molecular weight is 229 g/mol. The highest BCUT2D eigenvalue weighted by Gasteiger charge is 2.33. The molecule has 6 heteroatoms. The van der Waals surface area contributed by atoms with E-state index in [1.54, 1.807) is 0 Å². The molecule has 1 aromatic heterocycles. The molecule has 1 aliphatic carbocycles. The first-order valence-corrected chi connectivity index (χ1v) is 6.49. The zero-order valence-corrected chi connectivity index (χ0v) is 9.47. The molecule has 15 heavy (non-hydrogen) atoms. The molecule has 0 radical (unpaired) electrons. The number of nitrogens with zero attached hydrogens (tertiary/aromatic N) is 1. The van der Waals surface area contributed by atoms with Crippen molar-refractivity contribution in [2.45, 2.75) is 31.2 Å². The first-order chi connectivity index (χ1) is 7.02. The van der Waals surface area contributed by atoms with Crippen LogP contribution in [-0.4, -0.2) is 25.2 Å². The van der Waals surface area contributed by atoms with Gasteiger partial charge in [0.15, 0.2) is 5.03 Å². The largest absolute Gasteiger partial charge is 0.266 e. The van der Waals surface area contributed by atoms with E-state index in [0.29, 0.717) is 6.54 Å². The van der Waals surface area contributed by atoms with E-state index in [-0.39, 0.29) is 10.4 Å². The number of rotatable bonds is 4. The predicted molar refractivity (Wildman–Crippen MR) is 55.7 cm³/mol. The van der Waals surface area contributed by atoms with Crippen molar-refractivity contribution in [2.24, 2.45) is 5.41 Å². The zero-order chi connectivity index (χ0) is 10.9. The fourth-order valence-corrected chi connectivity index (χ4v) is 2.80. The quantitative estimate of drug-likeness (QED) is 0.804. The predicted octanol–water partition coefficient (Wildman–Crippen LogP) is 0.878. The minimum atomic E-state index is -3.39. The van der Waals surface area contributed by atoms with E-state index in [0.717, 1.165) is 12.8 Å². The Kier molecular flexibility index (Phi) is 2.56. The standard InChI is InChI=1S/C9H15N3O2S/c1-9(4-2-5-9)7-11-15(13,14)8-3-6-10-12-8/h3,6,11H,2,4-5,7H2,1H3,(H,10,12). The molecule has 0 atom stereocenters. The zero-order valence-electron chi connectivity index (χ0n) is 8.66. The summed E-state index contributed by atoms with van der Waals surface area (Å²) >= 11 is 0. The van der Waals surface area contributed by atoms with Crippen LogP contribution in [0.1, 0.15) is 26.2 Å². The number of hydrogen-bond donors (Lipinski definition) is 2. The Morgan fingerprint density at radius 3 is 2.80 bits per heavy atom. The minimum Gasteiger partial charge on any atom is -0.266 e. The number of aromatic amines is 1. The van der Waals surface area contributed by atoms with Gasteiger partial charge in [0.25, 0.3) is 10.0 Å². The molecule has 1 heterocycles. The van der Waals surface area contributed by atoms with Crippen molar-refractivity contribution in [3.63, 3.8) is 0 Å². The molecule has 1 aliphatic rings. The van der Waals surface area contributed by atoms with Gasteiger partial charge in [-0.3, -0.25) is 5.10 Å². The van der Waals surface area contributed by atoms with Gasteiger partial charge in [-0.05, 0) is 24.3 Å². The van der Waals surface area contributed by atoms with Gasteiger partial charge in [0, 0.05) is 6.54 Å². The van der Waals surface area contributed by atoms with Crippen molar-refractivity contribution in [3.05, 3.63) is 12.3 Å². The topological polar surface area (TPSA) is 74.8 Å². The van der Waals surface area contributed by atoms with Crippen molar-refractivity contribution in [1.82, 2.24) is 14.9 Å². The molecule has 0 spiro atoms. The SMILES string of the molecule is CC1(CNS(=O)(=O)c2ccn[nH]2)CCC1. The summed E-state index contributed by atoms with van der Waals surface area (Å²) < 4.78 is 26.0. The molecule has 0 aromatic carbocycles. The molecule has 0 amide bonds. The number of hydrogen-bond acceptors (Lipinski definition) is 3. The second-order valence-corrected chi connectivity index (χ2v) is 6.15. The Balaban J connectivity index is 2.00. The highest BCUT2D eigenvalue weighted by atomic mass is 32.2. The molecule has 5 nitrogen and oxygen atoms in total. The Labute approximate surface area is 89.3 Å². The Bertz CT molecular complexity index is 420. The van der Waals surface area contributed by atoms with E-state index in [2.05, 4.69) is 21.8 Å². The van der Waals surface area contributed by atoms with E-state index in [1.807, 2.05) is 0 Å². The summed E-state index contributed by atoms with van der Waals surface area (Å²) in [5.74, 6) is 0. The van der Waals surface area contributed by atoms with Crippen LogP contribution >= 0.6 is 0 Å². The van der Waals surface area contributed by atoms with Gasteiger partial charge in [0.05, 0.1) is 6.20 Å². The smallest absolute Gasteiger partial charge is 0.257 e. The number of sulfonamides is 1. The van der Waals surface area contributed by atoms with Crippen LogP contribution in [0.4, 0.5) is 0 Å². The van der Waals surface area contributed by atoms with E-state index in [4.69, 9.17) is 0 Å². The number of H-pyrrole nitrogens is 1. The summed E-state index contributed by atoms with van der Waals surface area (Å²) in [4.78, 5) is 0. The van der Waals surface area contributed by atoms with Crippen LogP contribution in [-0.2, 0) is 10.0 Å². The van der Waals surface area contributed by atoms with Crippen molar-refractivity contribution >= 4 is 10.0 Å². The molecule has 2 N–H and O–H groups in total. The Hall–Kier alpha value is -0.880. The van der Waals surface area contributed by atoms with E-state index in [1.165, 1.54) is 18.7 Å². The number of nitrogens with one attached hydrogen (secondary N) is 2. The Morgan fingerprint density at radius 2 is 2.33 bits per heavy atom. The van der Waals surface area contributed by atoms with Gasteiger partial charge in [0.2, 0.25) is 0 Å². The molecule has 1 fully saturated rings. The lowest BCUT2D eigenvalue weighted by Crippen LogP contribution is -2.39. The fourth-order valence-electron chi connectivity index (χ4n) is 1.70. The second kappa shape index (κ2) is 3.61. The molecule has 1 aromatic rings. The highest BCUT2D eigenvalue weighted by molar-refractivity contribution is 7.89. The molecular weight excluding hydrogens is 214 g/mol. The molecule has 84 valence electrons. The third-order valence-electron chi connectivity index (χ3n) is 3.01. The summed E-state index contributed by atoms with van der Waals surface area (Å²) in [6.45, 7) is 2.61. The monoisotopic (exact) mass is 229 g/mol. The molecule has 1 saturated carbocycles. The van der Waals surface area contributed by atoms with E-state index in [9.17, 15) is 8.42 Å². The summed E-state index contributed by atoms with van der Waals surface area (Å²) in [5, 5.41) is 6.20. The third-order valence-corrected chi connectivity index (χ3v) is 4.35. The van der Waals surface area contributed by atoms with Crippen LogP contribution in [0.3, 0.4) is 0 Å². The van der Waals surface area contributed by atoms with Crippen LogP contribution in [0.2, 0.25) is 0 Å². The van der Waals surface area contributed by atoms with Crippen LogP contribution < -0.4 is 4.72 Å². The molecule has 0 bridgehead atoms. The van der Waals surface area contributed by atoms with Crippen molar-refractivity contribution < 1.29 is 8.42 Å². The Morgan fingerprint density at radius 1 is 1.60 bits per heavy atom. The summed E-state index contributed by atoms with van der Waals surface area (Å²) in [5.41, 5.74) is 0.146. The second-order valence-electron chi connectivity index (χ2n) is 4.41. The van der Waals surface area contributed by atoms with Crippen LogP contribution in [0.5, 0.6) is 0 Å². The molecule has 2 rings (SSSR count). The van der Waals surface area contributed by atoms with Crippen LogP contribution in [0, 0.1) is 5.41 Å². The lowest BCUT2D eigenvalue weighted by molar-refractivity contribution is 0.166. The molecular formula is C9H15N3O2S. The van der Waals surface area contributed by atoms with Gasteiger partial charge >= 0.3 is 0 Å². The van der Waals surface area contributed by atoms with E-state index < -0.39 is 10.0 Å². The van der Waals surface area contributed by atoms with E-state index >= 15 is 0 Å². The molecule has 0 saturated heterocycles. The van der Waals surface area contributed by atoms with Crippen molar-refractivity contribution in [2.75, 3.05) is 6.54 Å². The summed E-state index contributed by atoms with van der Waals surface area (Å²) in [6, 6.07) is 1.45. The molecule has 0 aliphatic heterocycles. The fraction of sp³-hybridized carbons (Fsp3) is 0.667. The maximum absolute atomic E-state index is 11.7. The number of aromatic nitrogens is 2. The first-order valence-electron chi connectivity index (χ1n) is 5.01. The van der Waals surface area contributed by atoms with Gasteiger partial charge in [0.1, 0.15) is 0 Å². The van der Waals surface area contributed by atoms with Gasteiger partial charge in [-0.15, -0.1) is 0 Å². The van der Waals surface area contributed by atoms with Crippen molar-refractivity contribution in [3.8, 4) is 0 Å². The summed E-state index contributed by atoms with van der Waals surface area (Å²) in [6.07, 6.45) is 4.82. The van der Waals surface area contributed by atoms with Gasteiger partial charge < -0.3 is 0 Å². The minimum absolute atomic E-state index is 0.130. The maximum atomic E-state index is 11.7. The molecule has 0 unspecified atom stereocenters. The van der Waals surface area contributed by atoms with Gasteiger partial charge in [-0.25, -0.2) is 13.1 Å². The van der Waals surface area contributed by atoms with Gasteiger partial charge in [-0.1, -0.05) is 13.3 Å². The average Bonchev–Trinajstić information content (AvgIpc) is 2.65. The first kappa shape index (κ1) is 10.6. The van der Waals surface area contributed by atoms with Crippen LogP contribution in [0.15, 0.2) is 17.3 Å². The normalized spacial score (nSPS) is 19.8. The lowest BCUT2D eigenvalue weighted by Gasteiger charge is -2.38. The van der Waals surface area contributed by atoms with Gasteiger partial charge in [-0.2, -0.15) is 5.10 Å². The van der Waals surface area contributed by atoms with Crippen LogP contribution in [0.25, 0.3) is 0 Å². The lowest BCUT2D eigenvalue weighted by atomic mass is 9.71. The third kappa shape index (κ3) is 2.21. The highest BCUT2D eigenvalue weighted by Crippen LogP contribution is 2.39. The maximum Gasteiger partial charge on any atom is 0.257 e. The summed E-state index contributed by atoms with van der Waals surface area (Å²) in [7, 11) is -3.39. The van der Waals surface area contributed by atoms with Crippen molar-refractivity contribution in [1.29, 1.82) is 0 Å².